The summed E-state index contributed by atoms with van der Waals surface area (Å²) in [6, 6.07) is 3.70. The molecule has 1 unspecified atom stereocenters. The Balaban J connectivity index is 1.53. The van der Waals surface area contributed by atoms with Crippen LogP contribution in [0.5, 0.6) is 0 Å². The second-order valence-electron chi connectivity index (χ2n) is 7.03. The minimum absolute atomic E-state index is 0.0954. The lowest BCUT2D eigenvalue weighted by Crippen LogP contribution is -2.48. The summed E-state index contributed by atoms with van der Waals surface area (Å²) >= 11 is 0. The summed E-state index contributed by atoms with van der Waals surface area (Å²) in [5, 5.41) is 3.20. The Kier molecular flexibility index (Phi) is 5.03. The Labute approximate surface area is 137 Å². The van der Waals surface area contributed by atoms with Crippen molar-refractivity contribution in [3.8, 4) is 0 Å². The fraction of sp³-hybridized carbons (Fsp3) is 0.667. The molecule has 1 saturated carbocycles. The first-order valence-corrected chi connectivity index (χ1v) is 8.76. The monoisotopic (exact) mass is 318 g/mol. The van der Waals surface area contributed by atoms with Crippen molar-refractivity contribution in [1.29, 1.82) is 0 Å². The van der Waals surface area contributed by atoms with E-state index in [1.54, 1.807) is 17.0 Å². The molecule has 3 rings (SSSR count). The Morgan fingerprint density at radius 2 is 2.00 bits per heavy atom. The summed E-state index contributed by atoms with van der Waals surface area (Å²) < 4.78 is 5.18. The van der Waals surface area contributed by atoms with E-state index >= 15 is 0 Å². The molecule has 0 spiro atoms. The first-order valence-electron chi connectivity index (χ1n) is 8.76. The molecule has 126 valence electrons. The van der Waals surface area contributed by atoms with Gasteiger partial charge >= 0.3 is 0 Å². The normalized spacial score (nSPS) is 28.4. The van der Waals surface area contributed by atoms with E-state index in [4.69, 9.17) is 4.42 Å². The van der Waals surface area contributed by atoms with Crippen LogP contribution < -0.4 is 5.32 Å². The van der Waals surface area contributed by atoms with Crippen molar-refractivity contribution in [3.63, 3.8) is 0 Å². The van der Waals surface area contributed by atoms with Crippen molar-refractivity contribution < 1.29 is 14.0 Å². The third kappa shape index (κ3) is 3.95. The molecular weight excluding hydrogens is 292 g/mol. The van der Waals surface area contributed by atoms with Gasteiger partial charge in [0, 0.05) is 19.1 Å². The number of hydrogen-bond donors (Lipinski definition) is 1. The first kappa shape index (κ1) is 16.1. The molecule has 5 heteroatoms. The van der Waals surface area contributed by atoms with Crippen LogP contribution in [-0.2, 0) is 4.79 Å². The van der Waals surface area contributed by atoms with Crippen molar-refractivity contribution in [3.05, 3.63) is 24.2 Å². The molecule has 2 heterocycles. The zero-order valence-corrected chi connectivity index (χ0v) is 13.8. The third-order valence-electron chi connectivity index (χ3n) is 5.17. The number of furan rings is 1. The lowest BCUT2D eigenvalue weighted by Gasteiger charge is -2.33. The largest absolute Gasteiger partial charge is 0.459 e. The highest BCUT2D eigenvalue weighted by Crippen LogP contribution is 2.25. The van der Waals surface area contributed by atoms with E-state index in [1.165, 1.54) is 19.1 Å². The zero-order chi connectivity index (χ0) is 16.2. The van der Waals surface area contributed by atoms with E-state index in [2.05, 4.69) is 12.2 Å². The highest BCUT2D eigenvalue weighted by atomic mass is 16.3. The number of amides is 2. The van der Waals surface area contributed by atoms with Gasteiger partial charge in [0.15, 0.2) is 5.76 Å². The summed E-state index contributed by atoms with van der Waals surface area (Å²) in [5.41, 5.74) is 0. The first-order chi connectivity index (χ1) is 11.1. The summed E-state index contributed by atoms with van der Waals surface area (Å²) in [4.78, 5) is 26.6. The van der Waals surface area contributed by atoms with Crippen LogP contribution in [0, 0.1) is 11.8 Å². The molecule has 1 aromatic rings. The molecule has 0 aromatic carbocycles. The van der Waals surface area contributed by atoms with Crippen LogP contribution in [0.25, 0.3) is 0 Å². The van der Waals surface area contributed by atoms with Crippen LogP contribution in [0.15, 0.2) is 22.8 Å². The minimum atomic E-state index is -0.112. The van der Waals surface area contributed by atoms with Crippen LogP contribution in [-0.4, -0.2) is 35.8 Å². The molecule has 23 heavy (non-hydrogen) atoms. The van der Waals surface area contributed by atoms with Crippen LogP contribution >= 0.6 is 0 Å². The van der Waals surface area contributed by atoms with Crippen LogP contribution in [0.3, 0.4) is 0 Å². The average molecular weight is 318 g/mol. The maximum Gasteiger partial charge on any atom is 0.289 e. The maximum absolute atomic E-state index is 12.5. The number of nitrogens with one attached hydrogen (secondary N) is 1. The van der Waals surface area contributed by atoms with Gasteiger partial charge in [-0.3, -0.25) is 9.59 Å². The van der Waals surface area contributed by atoms with Gasteiger partial charge in [-0.05, 0) is 56.6 Å². The van der Waals surface area contributed by atoms with E-state index in [0.29, 0.717) is 24.9 Å². The molecule has 1 N–H and O–H groups in total. The lowest BCUT2D eigenvalue weighted by molar-refractivity contribution is -0.127. The van der Waals surface area contributed by atoms with Gasteiger partial charge in [0.1, 0.15) is 0 Å². The molecule has 2 aliphatic rings. The molecule has 5 nitrogen and oxygen atoms in total. The Morgan fingerprint density at radius 1 is 1.22 bits per heavy atom. The molecule has 0 bridgehead atoms. The van der Waals surface area contributed by atoms with E-state index in [0.717, 1.165) is 31.6 Å². The van der Waals surface area contributed by atoms with Gasteiger partial charge in [-0.15, -0.1) is 0 Å². The van der Waals surface area contributed by atoms with Gasteiger partial charge < -0.3 is 14.6 Å². The van der Waals surface area contributed by atoms with Gasteiger partial charge in [0.05, 0.1) is 12.2 Å². The smallest absolute Gasteiger partial charge is 0.289 e. The van der Waals surface area contributed by atoms with Crippen LogP contribution in [0.4, 0.5) is 0 Å². The number of hydrogen-bond acceptors (Lipinski definition) is 3. The van der Waals surface area contributed by atoms with Gasteiger partial charge in [-0.25, -0.2) is 0 Å². The van der Waals surface area contributed by atoms with Gasteiger partial charge in [0.2, 0.25) is 5.91 Å². The summed E-state index contributed by atoms with van der Waals surface area (Å²) in [6.45, 7) is 3.47. The van der Waals surface area contributed by atoms with E-state index in [1.807, 2.05) is 0 Å². The summed E-state index contributed by atoms with van der Waals surface area (Å²) in [7, 11) is 0. The highest BCUT2D eigenvalue weighted by molar-refractivity contribution is 5.92. The third-order valence-corrected chi connectivity index (χ3v) is 5.17. The standard InChI is InChI=1S/C18H26N2O3/c1-13-6-8-15(9-7-13)19-17(21)14-4-2-10-20(12-14)18(22)16-5-3-11-23-16/h3,5,11,13-15H,2,4,6-10,12H2,1H3,(H,19,21). The van der Waals surface area contributed by atoms with Crippen molar-refractivity contribution in [1.82, 2.24) is 10.2 Å². The van der Waals surface area contributed by atoms with Crippen molar-refractivity contribution in [2.75, 3.05) is 13.1 Å². The molecular formula is C18H26N2O3. The average Bonchev–Trinajstić information content (AvgIpc) is 3.11. The van der Waals surface area contributed by atoms with Crippen molar-refractivity contribution in [2.45, 2.75) is 51.5 Å². The lowest BCUT2D eigenvalue weighted by atomic mass is 9.87. The van der Waals surface area contributed by atoms with Crippen molar-refractivity contribution in [2.24, 2.45) is 11.8 Å². The van der Waals surface area contributed by atoms with E-state index in [9.17, 15) is 9.59 Å². The van der Waals surface area contributed by atoms with E-state index in [-0.39, 0.29) is 17.7 Å². The van der Waals surface area contributed by atoms with Gasteiger partial charge in [-0.2, -0.15) is 0 Å². The Morgan fingerprint density at radius 3 is 2.70 bits per heavy atom. The minimum Gasteiger partial charge on any atom is -0.459 e. The predicted molar refractivity (Wildman–Crippen MR) is 86.9 cm³/mol. The molecule has 1 aliphatic carbocycles. The molecule has 1 atom stereocenters. The van der Waals surface area contributed by atoms with E-state index < -0.39 is 0 Å². The molecule has 0 radical (unpaired) electrons. The molecule has 1 aliphatic heterocycles. The quantitative estimate of drug-likeness (QED) is 0.932. The fourth-order valence-electron chi connectivity index (χ4n) is 3.66. The number of likely N-dealkylation sites (tertiary alicyclic amines) is 1. The number of nitrogens with zero attached hydrogens (tertiary/aromatic N) is 1. The van der Waals surface area contributed by atoms with Crippen LogP contribution in [0.1, 0.15) is 56.0 Å². The summed E-state index contributed by atoms with van der Waals surface area (Å²) in [6.07, 6.45) is 7.77. The second-order valence-corrected chi connectivity index (χ2v) is 7.03. The van der Waals surface area contributed by atoms with Crippen molar-refractivity contribution >= 4 is 11.8 Å². The Bertz CT molecular complexity index is 532. The highest BCUT2D eigenvalue weighted by Gasteiger charge is 2.31. The number of rotatable bonds is 3. The summed E-state index contributed by atoms with van der Waals surface area (Å²) in [5.74, 6) is 1.04. The second kappa shape index (κ2) is 7.20. The fourth-order valence-corrected chi connectivity index (χ4v) is 3.66. The molecule has 2 fully saturated rings. The number of carbonyl (C=O) groups excluding carboxylic acids is 2. The maximum atomic E-state index is 12.5. The molecule has 1 saturated heterocycles. The number of carbonyl (C=O) groups is 2. The van der Waals surface area contributed by atoms with Crippen LogP contribution in [0.2, 0.25) is 0 Å². The predicted octanol–water partition coefficient (Wildman–Crippen LogP) is 2.83. The van der Waals surface area contributed by atoms with Gasteiger partial charge in [0.25, 0.3) is 5.91 Å². The Hall–Kier alpha value is -1.78. The zero-order valence-electron chi connectivity index (χ0n) is 13.8. The molecule has 2 amide bonds. The SMILES string of the molecule is CC1CCC(NC(=O)C2CCCN(C(=O)c3ccco3)C2)CC1. The topological polar surface area (TPSA) is 62.6 Å². The molecule has 1 aromatic heterocycles. The number of piperidine rings is 1. The van der Waals surface area contributed by atoms with Gasteiger partial charge in [-0.1, -0.05) is 6.92 Å².